The Kier molecular flexibility index (Phi) is 9.26. The first-order valence-electron chi connectivity index (χ1n) is 12.6. The highest BCUT2D eigenvalue weighted by Crippen LogP contribution is 2.29. The Hall–Kier alpha value is -4.97. The molecule has 0 bridgehead atoms. The molecule has 0 heterocycles. The SMILES string of the molecule is Cc1c(C(=O)Oc2ccc(CN[C@@H](CO)C(=O)O)c(OCc3cccc(C#N)c3)c2)cccc1-c1ccccc1. The molecule has 4 aromatic rings. The molecule has 0 saturated carbocycles. The normalized spacial score (nSPS) is 11.3. The van der Waals surface area contributed by atoms with Crippen LogP contribution in [0.2, 0.25) is 0 Å². The third kappa shape index (κ3) is 6.91. The summed E-state index contributed by atoms with van der Waals surface area (Å²) in [7, 11) is 0. The fourth-order valence-corrected chi connectivity index (χ4v) is 4.18. The Morgan fingerprint density at radius 2 is 1.75 bits per heavy atom. The van der Waals surface area contributed by atoms with Crippen LogP contribution in [0.4, 0.5) is 0 Å². The molecule has 0 amide bonds. The largest absolute Gasteiger partial charge is 0.488 e. The molecule has 4 aromatic carbocycles. The Balaban J connectivity index is 1.58. The van der Waals surface area contributed by atoms with Gasteiger partial charge in [-0.15, -0.1) is 0 Å². The lowest BCUT2D eigenvalue weighted by Gasteiger charge is -2.17. The van der Waals surface area contributed by atoms with Crippen LogP contribution < -0.4 is 14.8 Å². The quantitative estimate of drug-likeness (QED) is 0.183. The number of esters is 1. The van der Waals surface area contributed by atoms with Crippen LogP contribution in [0.1, 0.15) is 32.6 Å². The maximum Gasteiger partial charge on any atom is 0.343 e. The third-order valence-electron chi connectivity index (χ3n) is 6.36. The summed E-state index contributed by atoms with van der Waals surface area (Å²) < 4.78 is 11.8. The Morgan fingerprint density at radius 3 is 2.48 bits per heavy atom. The summed E-state index contributed by atoms with van der Waals surface area (Å²) in [5.74, 6) is -1.11. The number of aliphatic hydroxyl groups excluding tert-OH is 1. The summed E-state index contributed by atoms with van der Waals surface area (Å²) in [6.07, 6.45) is 0. The zero-order chi connectivity index (χ0) is 28.5. The molecule has 8 heteroatoms. The number of hydrogen-bond acceptors (Lipinski definition) is 7. The Bertz CT molecular complexity index is 1550. The molecule has 0 unspecified atom stereocenters. The molecule has 0 aliphatic carbocycles. The summed E-state index contributed by atoms with van der Waals surface area (Å²) in [4.78, 5) is 24.5. The zero-order valence-electron chi connectivity index (χ0n) is 21.8. The minimum Gasteiger partial charge on any atom is -0.488 e. The highest BCUT2D eigenvalue weighted by molar-refractivity contribution is 5.94. The summed E-state index contributed by atoms with van der Waals surface area (Å²) in [6, 6.07) is 28.0. The topological polar surface area (TPSA) is 129 Å². The second-order valence-electron chi connectivity index (χ2n) is 9.06. The van der Waals surface area contributed by atoms with Gasteiger partial charge in [-0.3, -0.25) is 10.1 Å². The highest BCUT2D eigenvalue weighted by Gasteiger charge is 2.18. The molecular formula is C32H28N2O6. The van der Waals surface area contributed by atoms with Crippen LogP contribution >= 0.6 is 0 Å². The fourth-order valence-electron chi connectivity index (χ4n) is 4.18. The molecule has 40 heavy (non-hydrogen) atoms. The number of carbonyl (C=O) groups is 2. The van der Waals surface area contributed by atoms with E-state index < -0.39 is 24.6 Å². The number of benzene rings is 4. The molecule has 3 N–H and O–H groups in total. The second-order valence-corrected chi connectivity index (χ2v) is 9.06. The Labute approximate surface area is 232 Å². The number of aliphatic hydroxyl groups is 1. The lowest BCUT2D eigenvalue weighted by atomic mass is 9.96. The average molecular weight is 537 g/mol. The van der Waals surface area contributed by atoms with Gasteiger partial charge in [0.1, 0.15) is 24.1 Å². The van der Waals surface area contributed by atoms with Crippen LogP contribution in [0.5, 0.6) is 11.5 Å². The van der Waals surface area contributed by atoms with Crippen molar-refractivity contribution in [3.8, 4) is 28.7 Å². The van der Waals surface area contributed by atoms with E-state index in [-0.39, 0.29) is 18.9 Å². The van der Waals surface area contributed by atoms with Gasteiger partial charge in [0, 0.05) is 18.2 Å². The van der Waals surface area contributed by atoms with Gasteiger partial charge >= 0.3 is 11.9 Å². The molecule has 0 aliphatic heterocycles. The average Bonchev–Trinajstić information content (AvgIpc) is 2.97. The first-order chi connectivity index (χ1) is 19.4. The predicted octanol–water partition coefficient (Wildman–Crippen LogP) is 4.87. The number of carboxylic acids is 1. The molecule has 1 atom stereocenters. The van der Waals surface area contributed by atoms with Gasteiger partial charge in [0.2, 0.25) is 0 Å². The molecule has 202 valence electrons. The van der Waals surface area contributed by atoms with Crippen molar-refractivity contribution in [1.82, 2.24) is 5.32 Å². The van der Waals surface area contributed by atoms with E-state index in [0.717, 1.165) is 22.3 Å². The van der Waals surface area contributed by atoms with E-state index in [2.05, 4.69) is 11.4 Å². The van der Waals surface area contributed by atoms with Gasteiger partial charge in [-0.25, -0.2) is 4.79 Å². The van der Waals surface area contributed by atoms with E-state index in [1.165, 1.54) is 0 Å². The molecule has 0 aliphatic rings. The summed E-state index contributed by atoms with van der Waals surface area (Å²) in [5.41, 5.74) is 4.98. The van der Waals surface area contributed by atoms with Crippen LogP contribution in [-0.4, -0.2) is 34.8 Å². The van der Waals surface area contributed by atoms with Crippen LogP contribution in [0.3, 0.4) is 0 Å². The maximum absolute atomic E-state index is 13.2. The monoisotopic (exact) mass is 536 g/mol. The Morgan fingerprint density at radius 1 is 0.975 bits per heavy atom. The van der Waals surface area contributed by atoms with Gasteiger partial charge in [0.25, 0.3) is 0 Å². The van der Waals surface area contributed by atoms with Gasteiger partial charge in [0.15, 0.2) is 0 Å². The lowest BCUT2D eigenvalue weighted by molar-refractivity contribution is -0.140. The maximum atomic E-state index is 13.2. The van der Waals surface area contributed by atoms with Gasteiger partial charge < -0.3 is 19.7 Å². The van der Waals surface area contributed by atoms with Gasteiger partial charge in [-0.1, -0.05) is 60.7 Å². The van der Waals surface area contributed by atoms with Crippen LogP contribution in [-0.2, 0) is 17.9 Å². The van der Waals surface area contributed by atoms with E-state index in [0.29, 0.717) is 22.4 Å². The zero-order valence-corrected chi connectivity index (χ0v) is 21.8. The number of rotatable bonds is 11. The van der Waals surface area contributed by atoms with E-state index in [1.807, 2.05) is 55.5 Å². The fraction of sp³-hybridized carbons (Fsp3) is 0.156. The first kappa shape index (κ1) is 28.0. The third-order valence-corrected chi connectivity index (χ3v) is 6.36. The minimum atomic E-state index is -1.18. The number of aliphatic carboxylic acids is 1. The van der Waals surface area contributed by atoms with Crippen molar-refractivity contribution in [3.05, 3.63) is 119 Å². The van der Waals surface area contributed by atoms with Crippen LogP contribution in [0.25, 0.3) is 11.1 Å². The number of nitrogens with one attached hydrogen (secondary N) is 1. The van der Waals surface area contributed by atoms with Crippen molar-refractivity contribution in [3.63, 3.8) is 0 Å². The van der Waals surface area contributed by atoms with Gasteiger partial charge in [-0.05, 0) is 53.4 Å². The van der Waals surface area contributed by atoms with Crippen molar-refractivity contribution < 1.29 is 29.3 Å². The van der Waals surface area contributed by atoms with E-state index >= 15 is 0 Å². The van der Waals surface area contributed by atoms with Crippen molar-refractivity contribution >= 4 is 11.9 Å². The van der Waals surface area contributed by atoms with Crippen LogP contribution in [0.15, 0.2) is 91.0 Å². The number of hydrogen-bond donors (Lipinski definition) is 3. The van der Waals surface area contributed by atoms with Gasteiger partial charge in [-0.2, -0.15) is 5.26 Å². The number of carbonyl (C=O) groups excluding carboxylic acids is 1. The second kappa shape index (κ2) is 13.2. The molecule has 0 radical (unpaired) electrons. The molecule has 0 fully saturated rings. The lowest BCUT2D eigenvalue weighted by Crippen LogP contribution is -2.39. The van der Waals surface area contributed by atoms with Crippen LogP contribution in [0, 0.1) is 18.3 Å². The molecule has 4 rings (SSSR count). The predicted molar refractivity (Wildman–Crippen MR) is 149 cm³/mol. The number of carboxylic acid groups (broad SMARTS) is 1. The highest BCUT2D eigenvalue weighted by atomic mass is 16.5. The molecular weight excluding hydrogens is 508 g/mol. The number of nitriles is 1. The molecule has 0 aromatic heterocycles. The van der Waals surface area contributed by atoms with Crippen molar-refractivity contribution in [2.75, 3.05) is 6.61 Å². The van der Waals surface area contributed by atoms with E-state index in [1.54, 1.807) is 42.5 Å². The summed E-state index contributed by atoms with van der Waals surface area (Å²) >= 11 is 0. The molecule has 0 spiro atoms. The molecule has 8 nitrogen and oxygen atoms in total. The van der Waals surface area contributed by atoms with Crippen molar-refractivity contribution in [2.45, 2.75) is 26.1 Å². The smallest absolute Gasteiger partial charge is 0.343 e. The van der Waals surface area contributed by atoms with Gasteiger partial charge in [0.05, 0.1) is 23.8 Å². The summed E-state index contributed by atoms with van der Waals surface area (Å²) in [6.45, 7) is 1.50. The van der Waals surface area contributed by atoms with E-state index in [9.17, 15) is 25.1 Å². The minimum absolute atomic E-state index is 0.0809. The molecule has 0 saturated heterocycles. The standard InChI is InChI=1S/C32H28N2O6/c1-21-27(24-9-3-2-4-10-24)11-6-12-28(21)32(38)40-26-14-13-25(18-34-29(19-35)31(36)37)30(16-26)39-20-23-8-5-7-22(15-23)17-33/h2-16,29,34-35H,18-20H2,1H3,(H,36,37)/t29-/m0/s1. The van der Waals surface area contributed by atoms with Crippen molar-refractivity contribution in [1.29, 1.82) is 5.26 Å². The van der Waals surface area contributed by atoms with Crippen molar-refractivity contribution in [2.24, 2.45) is 0 Å². The van der Waals surface area contributed by atoms with E-state index in [4.69, 9.17) is 9.47 Å². The number of ether oxygens (including phenoxy) is 2. The summed E-state index contributed by atoms with van der Waals surface area (Å²) in [5, 5.41) is 30.6. The first-order valence-corrected chi connectivity index (χ1v) is 12.6. The number of nitrogens with zero attached hydrogens (tertiary/aromatic N) is 1.